The number of rotatable bonds is 6. The molecular weight excluding hydrogens is 331 g/mol. The lowest BCUT2D eigenvalue weighted by atomic mass is 10.0. The van der Waals surface area contributed by atoms with Crippen LogP contribution in [0.1, 0.15) is 38.2 Å². The molecule has 1 aromatic heterocycles. The third-order valence-electron chi connectivity index (χ3n) is 5.99. The second-order valence-corrected chi connectivity index (χ2v) is 7.65. The number of halogens is 1. The van der Waals surface area contributed by atoms with Gasteiger partial charge in [0.15, 0.2) is 0 Å². The van der Waals surface area contributed by atoms with E-state index in [1.807, 2.05) is 0 Å². The van der Waals surface area contributed by atoms with Crippen LogP contribution in [0, 0.1) is 11.7 Å². The van der Waals surface area contributed by atoms with Crippen molar-refractivity contribution in [2.45, 2.75) is 38.6 Å². The highest BCUT2D eigenvalue weighted by Crippen LogP contribution is 2.49. The normalized spacial score (nSPS) is 25.4. The maximum absolute atomic E-state index is 14.3. The van der Waals surface area contributed by atoms with E-state index in [1.54, 1.807) is 18.5 Å². The monoisotopic (exact) mass is 358 g/mol. The molecule has 2 aliphatic rings. The summed E-state index contributed by atoms with van der Waals surface area (Å²) in [4.78, 5) is 13.6. The Morgan fingerprint density at radius 2 is 2.15 bits per heavy atom. The molecule has 140 valence electrons. The van der Waals surface area contributed by atoms with E-state index in [2.05, 4.69) is 33.6 Å². The molecule has 0 radical (unpaired) electrons. The Labute approximate surface area is 153 Å². The summed E-state index contributed by atoms with van der Waals surface area (Å²) in [6.07, 6.45) is 3.75. The summed E-state index contributed by atoms with van der Waals surface area (Å²) in [5, 5.41) is 10.1. The number of hydrogen-bond acceptors (Lipinski definition) is 5. The Bertz CT molecular complexity index is 799. The van der Waals surface area contributed by atoms with Crippen LogP contribution in [0.2, 0.25) is 0 Å². The minimum Gasteiger partial charge on any atom is -0.395 e. The standard InChI is InChI=1S/C20H27FN4O/c1-3-24(6-7-26)15-4-5-25(11-15)20-18-10-14(21)9-17(16-8-13(16)2)19(18)22-12-23-20/h9-10,12-13,15-16,26H,3-8,11H2,1-2H3. The van der Waals surface area contributed by atoms with Crippen molar-refractivity contribution < 1.29 is 9.50 Å². The number of aliphatic hydroxyl groups excluding tert-OH is 1. The van der Waals surface area contributed by atoms with Crippen molar-refractivity contribution in [3.05, 3.63) is 29.8 Å². The van der Waals surface area contributed by atoms with Crippen molar-refractivity contribution in [3.8, 4) is 0 Å². The van der Waals surface area contributed by atoms with Gasteiger partial charge < -0.3 is 10.0 Å². The highest BCUT2D eigenvalue weighted by atomic mass is 19.1. The molecule has 1 N–H and O–H groups in total. The van der Waals surface area contributed by atoms with Gasteiger partial charge in [0.1, 0.15) is 18.0 Å². The summed E-state index contributed by atoms with van der Waals surface area (Å²) < 4.78 is 14.3. The van der Waals surface area contributed by atoms with Gasteiger partial charge in [-0.15, -0.1) is 0 Å². The van der Waals surface area contributed by atoms with Crippen molar-refractivity contribution in [2.24, 2.45) is 5.92 Å². The van der Waals surface area contributed by atoms with Crippen molar-refractivity contribution >= 4 is 16.7 Å². The third-order valence-corrected chi connectivity index (χ3v) is 5.99. The largest absolute Gasteiger partial charge is 0.395 e. The maximum atomic E-state index is 14.3. The van der Waals surface area contributed by atoms with E-state index >= 15 is 0 Å². The first-order valence-electron chi connectivity index (χ1n) is 9.66. The van der Waals surface area contributed by atoms with Crippen LogP contribution in [0.4, 0.5) is 10.2 Å². The molecule has 2 heterocycles. The van der Waals surface area contributed by atoms with Crippen LogP contribution in [0.15, 0.2) is 18.5 Å². The molecule has 1 aliphatic carbocycles. The summed E-state index contributed by atoms with van der Waals surface area (Å²) in [5.74, 6) is 1.66. The van der Waals surface area contributed by atoms with E-state index in [0.717, 1.165) is 54.8 Å². The van der Waals surface area contributed by atoms with Gasteiger partial charge in [0.2, 0.25) is 0 Å². The fraction of sp³-hybridized carbons (Fsp3) is 0.600. The molecule has 2 fully saturated rings. The zero-order chi connectivity index (χ0) is 18.3. The first-order chi connectivity index (χ1) is 12.6. The number of fused-ring (bicyclic) bond motifs is 1. The molecule has 1 saturated carbocycles. The van der Waals surface area contributed by atoms with Crippen LogP contribution in [0.5, 0.6) is 0 Å². The van der Waals surface area contributed by atoms with Crippen LogP contribution in [-0.4, -0.2) is 58.8 Å². The quantitative estimate of drug-likeness (QED) is 0.861. The Kier molecular flexibility index (Phi) is 4.80. The zero-order valence-corrected chi connectivity index (χ0v) is 15.5. The lowest BCUT2D eigenvalue weighted by Crippen LogP contribution is -2.39. The summed E-state index contributed by atoms with van der Waals surface area (Å²) in [7, 11) is 0. The molecule has 4 rings (SSSR count). The minimum atomic E-state index is -0.200. The molecular formula is C20H27FN4O. The van der Waals surface area contributed by atoms with Crippen molar-refractivity contribution in [3.63, 3.8) is 0 Å². The van der Waals surface area contributed by atoms with Crippen LogP contribution in [0.25, 0.3) is 10.9 Å². The molecule has 3 unspecified atom stereocenters. The fourth-order valence-corrected chi connectivity index (χ4v) is 4.40. The minimum absolute atomic E-state index is 0.176. The first kappa shape index (κ1) is 17.6. The highest BCUT2D eigenvalue weighted by molar-refractivity contribution is 5.92. The Hall–Kier alpha value is -1.79. The Morgan fingerprint density at radius 3 is 2.85 bits per heavy atom. The van der Waals surface area contributed by atoms with E-state index in [-0.39, 0.29) is 12.4 Å². The van der Waals surface area contributed by atoms with Gasteiger partial charge in [-0.05, 0) is 48.9 Å². The summed E-state index contributed by atoms with van der Waals surface area (Å²) >= 11 is 0. The van der Waals surface area contributed by atoms with Gasteiger partial charge in [-0.25, -0.2) is 14.4 Å². The van der Waals surface area contributed by atoms with Crippen molar-refractivity contribution in [1.29, 1.82) is 0 Å². The second kappa shape index (κ2) is 7.08. The molecule has 1 aliphatic heterocycles. The average molecular weight is 358 g/mol. The smallest absolute Gasteiger partial charge is 0.140 e. The van der Waals surface area contributed by atoms with Gasteiger partial charge in [0.05, 0.1) is 12.1 Å². The summed E-state index contributed by atoms with van der Waals surface area (Å²) in [6.45, 7) is 7.86. The van der Waals surface area contributed by atoms with E-state index in [4.69, 9.17) is 0 Å². The Morgan fingerprint density at radius 1 is 1.35 bits per heavy atom. The van der Waals surface area contributed by atoms with E-state index in [1.165, 1.54) is 0 Å². The third kappa shape index (κ3) is 3.16. The predicted octanol–water partition coefficient (Wildman–Crippen LogP) is 2.79. The van der Waals surface area contributed by atoms with E-state index < -0.39 is 0 Å². The number of nitrogens with zero attached hydrogens (tertiary/aromatic N) is 4. The molecule has 1 aromatic carbocycles. The molecule has 0 bridgehead atoms. The Balaban J connectivity index is 1.66. The van der Waals surface area contributed by atoms with Crippen LogP contribution in [-0.2, 0) is 0 Å². The molecule has 0 spiro atoms. The van der Waals surface area contributed by atoms with Gasteiger partial charge in [0, 0.05) is 31.1 Å². The number of likely N-dealkylation sites (N-methyl/N-ethyl adjacent to an activating group) is 1. The van der Waals surface area contributed by atoms with E-state index in [0.29, 0.717) is 24.4 Å². The van der Waals surface area contributed by atoms with Gasteiger partial charge >= 0.3 is 0 Å². The predicted molar refractivity (Wildman–Crippen MR) is 101 cm³/mol. The van der Waals surface area contributed by atoms with Gasteiger partial charge in [-0.1, -0.05) is 13.8 Å². The van der Waals surface area contributed by atoms with Gasteiger partial charge in [-0.2, -0.15) is 0 Å². The molecule has 26 heavy (non-hydrogen) atoms. The highest BCUT2D eigenvalue weighted by Gasteiger charge is 2.36. The van der Waals surface area contributed by atoms with Gasteiger partial charge in [0.25, 0.3) is 0 Å². The fourth-order valence-electron chi connectivity index (χ4n) is 4.40. The molecule has 0 amide bonds. The lowest BCUT2D eigenvalue weighted by molar-refractivity contribution is 0.165. The van der Waals surface area contributed by atoms with Crippen molar-refractivity contribution in [2.75, 3.05) is 37.7 Å². The van der Waals surface area contributed by atoms with Crippen molar-refractivity contribution in [1.82, 2.24) is 14.9 Å². The summed E-state index contributed by atoms with van der Waals surface area (Å²) in [6, 6.07) is 3.63. The van der Waals surface area contributed by atoms with E-state index in [9.17, 15) is 9.50 Å². The number of hydrogen-bond donors (Lipinski definition) is 1. The first-order valence-corrected chi connectivity index (χ1v) is 9.66. The van der Waals surface area contributed by atoms with Gasteiger partial charge in [-0.3, -0.25) is 4.90 Å². The zero-order valence-electron chi connectivity index (χ0n) is 15.5. The number of anilines is 1. The summed E-state index contributed by atoms with van der Waals surface area (Å²) in [5.41, 5.74) is 1.93. The molecule has 5 nitrogen and oxygen atoms in total. The number of aromatic nitrogens is 2. The number of aliphatic hydroxyl groups is 1. The molecule has 1 saturated heterocycles. The SMILES string of the molecule is CCN(CCO)C1CCN(c2ncnc3c(C4CC4C)cc(F)cc23)C1. The van der Waals surface area contributed by atoms with Crippen LogP contribution >= 0.6 is 0 Å². The molecule has 6 heteroatoms. The average Bonchev–Trinajstić information content (AvgIpc) is 3.17. The van der Waals surface area contributed by atoms with Crippen LogP contribution in [0.3, 0.4) is 0 Å². The lowest BCUT2D eigenvalue weighted by Gasteiger charge is -2.27. The van der Waals surface area contributed by atoms with Crippen LogP contribution < -0.4 is 4.90 Å². The number of benzene rings is 1. The topological polar surface area (TPSA) is 52.5 Å². The molecule has 2 aromatic rings. The molecule has 3 atom stereocenters. The second-order valence-electron chi connectivity index (χ2n) is 7.65. The maximum Gasteiger partial charge on any atom is 0.140 e.